The van der Waals surface area contributed by atoms with Gasteiger partial charge in [0.25, 0.3) is 5.91 Å². The molecule has 0 atom stereocenters. The van der Waals surface area contributed by atoms with E-state index in [4.69, 9.17) is 9.84 Å². The minimum Gasteiger partial charge on any atom is -0.493 e. The van der Waals surface area contributed by atoms with Crippen LogP contribution in [0, 0.1) is 0 Å². The summed E-state index contributed by atoms with van der Waals surface area (Å²) in [7, 11) is 0. The Morgan fingerprint density at radius 1 is 1.07 bits per heavy atom. The number of carbonyl (C=O) groups is 2. The number of ether oxygens (including phenoxy) is 1. The fourth-order valence-corrected chi connectivity index (χ4v) is 3.15. The Balaban J connectivity index is 1.51. The van der Waals surface area contributed by atoms with Crippen molar-refractivity contribution < 1.29 is 19.4 Å². The van der Waals surface area contributed by atoms with Crippen LogP contribution in [0.5, 0.6) is 5.75 Å². The van der Waals surface area contributed by atoms with E-state index in [1.807, 2.05) is 18.2 Å². The van der Waals surface area contributed by atoms with E-state index in [1.54, 1.807) is 12.4 Å². The second kappa shape index (κ2) is 9.16. The number of fused-ring (bicyclic) bond motifs is 1. The van der Waals surface area contributed by atoms with Crippen LogP contribution in [0.1, 0.15) is 48.0 Å². The Bertz CT molecular complexity index is 820. The highest BCUT2D eigenvalue weighted by Gasteiger charge is 2.14. The number of rotatable bonds is 9. The van der Waals surface area contributed by atoms with Gasteiger partial charge in [0.05, 0.1) is 12.2 Å². The number of carbonyl (C=O) groups excluding carboxylic acids is 1. The van der Waals surface area contributed by atoms with E-state index in [9.17, 15) is 9.59 Å². The van der Waals surface area contributed by atoms with Crippen molar-refractivity contribution in [1.29, 1.82) is 0 Å². The molecule has 2 heterocycles. The molecule has 142 valence electrons. The van der Waals surface area contributed by atoms with Gasteiger partial charge in [-0.25, -0.2) is 0 Å². The van der Waals surface area contributed by atoms with Crippen LogP contribution in [0.15, 0.2) is 36.7 Å². The van der Waals surface area contributed by atoms with Gasteiger partial charge < -0.3 is 15.2 Å². The lowest BCUT2D eigenvalue weighted by Crippen LogP contribution is -2.24. The van der Waals surface area contributed by atoms with Gasteiger partial charge in [-0.05, 0) is 42.2 Å². The molecule has 27 heavy (non-hydrogen) atoms. The van der Waals surface area contributed by atoms with Crippen molar-refractivity contribution in [2.24, 2.45) is 0 Å². The summed E-state index contributed by atoms with van der Waals surface area (Å²) in [5.41, 5.74) is 3.66. The number of nitrogens with one attached hydrogen (secondary N) is 1. The van der Waals surface area contributed by atoms with Crippen molar-refractivity contribution in [2.75, 3.05) is 13.2 Å². The van der Waals surface area contributed by atoms with Gasteiger partial charge in [-0.1, -0.05) is 18.9 Å². The highest BCUT2D eigenvalue weighted by atomic mass is 16.5. The summed E-state index contributed by atoms with van der Waals surface area (Å²) >= 11 is 0. The van der Waals surface area contributed by atoms with Gasteiger partial charge >= 0.3 is 5.97 Å². The topological polar surface area (TPSA) is 88.5 Å². The van der Waals surface area contributed by atoms with E-state index >= 15 is 0 Å². The predicted octanol–water partition coefficient (Wildman–Crippen LogP) is 3.45. The molecule has 1 aromatic carbocycles. The van der Waals surface area contributed by atoms with Gasteiger partial charge in [0.2, 0.25) is 0 Å². The molecule has 0 bridgehead atoms. The number of aliphatic carboxylic acids is 1. The molecule has 3 rings (SSSR count). The van der Waals surface area contributed by atoms with Gasteiger partial charge in [0.15, 0.2) is 0 Å². The summed E-state index contributed by atoms with van der Waals surface area (Å²) in [6.45, 7) is 1.29. The molecule has 2 N–H and O–H groups in total. The molecule has 1 aromatic heterocycles. The zero-order valence-corrected chi connectivity index (χ0v) is 15.2. The molecule has 0 saturated heterocycles. The number of benzene rings is 1. The Labute approximate surface area is 158 Å². The number of carboxylic acid groups (broad SMARTS) is 1. The van der Waals surface area contributed by atoms with E-state index < -0.39 is 5.97 Å². The highest BCUT2D eigenvalue weighted by Crippen LogP contribution is 2.30. The zero-order valence-electron chi connectivity index (χ0n) is 15.2. The van der Waals surface area contributed by atoms with E-state index in [2.05, 4.69) is 16.4 Å². The number of hydrogen-bond acceptors (Lipinski definition) is 4. The Hall–Kier alpha value is -2.89. The molecular weight excluding hydrogens is 344 g/mol. The van der Waals surface area contributed by atoms with Gasteiger partial charge in [-0.3, -0.25) is 14.6 Å². The molecule has 0 saturated carbocycles. The van der Waals surface area contributed by atoms with Crippen LogP contribution in [-0.2, 0) is 11.2 Å². The number of hydrogen-bond donors (Lipinski definition) is 2. The van der Waals surface area contributed by atoms with Crippen molar-refractivity contribution in [3.05, 3.63) is 47.8 Å². The van der Waals surface area contributed by atoms with Crippen molar-refractivity contribution in [1.82, 2.24) is 10.3 Å². The molecule has 0 aliphatic carbocycles. The lowest BCUT2D eigenvalue weighted by Gasteiger charge is -2.08. The van der Waals surface area contributed by atoms with Gasteiger partial charge in [0.1, 0.15) is 5.75 Å². The maximum atomic E-state index is 12.3. The Kier molecular flexibility index (Phi) is 6.41. The summed E-state index contributed by atoms with van der Waals surface area (Å²) in [5.74, 6) is 0.0370. The van der Waals surface area contributed by atoms with Crippen molar-refractivity contribution in [3.63, 3.8) is 0 Å². The molecule has 1 aliphatic rings. The second-order valence-electron chi connectivity index (χ2n) is 6.70. The van der Waals surface area contributed by atoms with Crippen LogP contribution in [0.25, 0.3) is 11.1 Å². The lowest BCUT2D eigenvalue weighted by atomic mass is 10.0. The average molecular weight is 368 g/mol. The number of carboxylic acids is 1. The number of unbranched alkanes of at least 4 members (excludes halogenated alkanes) is 3. The summed E-state index contributed by atoms with van der Waals surface area (Å²) in [6.07, 6.45) is 7.73. The molecule has 1 amide bonds. The molecule has 6 nitrogen and oxygen atoms in total. The molecule has 0 unspecified atom stereocenters. The molecule has 0 radical (unpaired) electrons. The minimum atomic E-state index is -0.758. The van der Waals surface area contributed by atoms with Crippen molar-refractivity contribution in [2.45, 2.75) is 38.5 Å². The van der Waals surface area contributed by atoms with Crippen molar-refractivity contribution >= 4 is 11.9 Å². The molecule has 0 fully saturated rings. The summed E-state index contributed by atoms with van der Waals surface area (Å²) in [6, 6.07) is 7.90. The van der Waals surface area contributed by atoms with Gasteiger partial charge in [-0.2, -0.15) is 0 Å². The van der Waals surface area contributed by atoms with E-state index in [0.29, 0.717) is 18.5 Å². The van der Waals surface area contributed by atoms with E-state index in [1.165, 1.54) is 5.56 Å². The average Bonchev–Trinajstić information content (AvgIpc) is 3.14. The Morgan fingerprint density at radius 3 is 2.78 bits per heavy atom. The quantitative estimate of drug-likeness (QED) is 0.662. The monoisotopic (exact) mass is 368 g/mol. The molecule has 6 heteroatoms. The van der Waals surface area contributed by atoms with Gasteiger partial charge in [-0.15, -0.1) is 0 Å². The van der Waals surface area contributed by atoms with Crippen LogP contribution in [0.2, 0.25) is 0 Å². The second-order valence-corrected chi connectivity index (χ2v) is 6.70. The predicted molar refractivity (Wildman–Crippen MR) is 102 cm³/mol. The smallest absolute Gasteiger partial charge is 0.303 e. The van der Waals surface area contributed by atoms with E-state index in [-0.39, 0.29) is 12.3 Å². The minimum absolute atomic E-state index is 0.139. The summed E-state index contributed by atoms with van der Waals surface area (Å²) < 4.78 is 5.53. The lowest BCUT2D eigenvalue weighted by molar-refractivity contribution is -0.137. The first-order valence-corrected chi connectivity index (χ1v) is 9.34. The third kappa shape index (κ3) is 5.29. The summed E-state index contributed by atoms with van der Waals surface area (Å²) in [4.78, 5) is 27.0. The normalized spacial score (nSPS) is 12.3. The number of amides is 1. The zero-order chi connectivity index (χ0) is 19.1. The van der Waals surface area contributed by atoms with Crippen LogP contribution in [-0.4, -0.2) is 35.1 Å². The van der Waals surface area contributed by atoms with Crippen LogP contribution >= 0.6 is 0 Å². The first kappa shape index (κ1) is 18.9. The number of pyridine rings is 1. The first-order valence-electron chi connectivity index (χ1n) is 9.34. The number of nitrogens with zero attached hydrogens (tertiary/aromatic N) is 1. The summed E-state index contributed by atoms with van der Waals surface area (Å²) in [5, 5.41) is 11.5. The third-order valence-electron chi connectivity index (χ3n) is 4.63. The largest absolute Gasteiger partial charge is 0.493 e. The molecule has 2 aromatic rings. The molecular formula is C21H24N2O4. The maximum absolute atomic E-state index is 12.3. The molecule has 0 spiro atoms. The number of aromatic nitrogens is 1. The van der Waals surface area contributed by atoms with Crippen LogP contribution in [0.3, 0.4) is 0 Å². The van der Waals surface area contributed by atoms with E-state index in [0.717, 1.165) is 49.2 Å². The van der Waals surface area contributed by atoms with Crippen molar-refractivity contribution in [3.8, 4) is 16.9 Å². The fraction of sp³-hybridized carbons (Fsp3) is 0.381. The molecule has 1 aliphatic heterocycles. The maximum Gasteiger partial charge on any atom is 0.303 e. The third-order valence-corrected chi connectivity index (χ3v) is 4.63. The highest BCUT2D eigenvalue weighted by molar-refractivity contribution is 5.95. The first-order chi connectivity index (χ1) is 13.1. The SMILES string of the molecule is O=C(O)CCCCCCNC(=O)c1cncc(-c2ccc3c(c2)CCO3)c1. The fourth-order valence-electron chi connectivity index (χ4n) is 3.15. The standard InChI is InChI=1S/C21H24N2O4/c24-20(25)5-3-1-2-4-9-23-21(26)18-12-17(13-22-14-18)15-6-7-19-16(11-15)8-10-27-19/h6-7,11-14H,1-5,8-10H2,(H,23,26)(H,24,25). The van der Waals surface area contributed by atoms with Gasteiger partial charge in [0, 0.05) is 37.3 Å². The van der Waals surface area contributed by atoms with Crippen LogP contribution in [0.4, 0.5) is 0 Å². The van der Waals surface area contributed by atoms with Crippen LogP contribution < -0.4 is 10.1 Å². The Morgan fingerprint density at radius 2 is 1.93 bits per heavy atom.